The number of H-pyrrole nitrogens is 1. The van der Waals surface area contributed by atoms with Crippen LogP contribution in [-0.4, -0.2) is 57.4 Å². The van der Waals surface area contributed by atoms with E-state index in [4.69, 9.17) is 5.11 Å². The summed E-state index contributed by atoms with van der Waals surface area (Å²) < 4.78 is 0. The van der Waals surface area contributed by atoms with Crippen LogP contribution in [0.3, 0.4) is 0 Å². The number of carbonyl (C=O) groups excluding carboxylic acids is 2. The number of piperazine rings is 1. The first kappa shape index (κ1) is 11.1. The van der Waals surface area contributed by atoms with Gasteiger partial charge in [0.1, 0.15) is 0 Å². The number of aromatic nitrogens is 2. The number of carboxylic acid groups (broad SMARTS) is 1. The first-order valence-electron chi connectivity index (χ1n) is 4.92. The number of carboxylic acids is 1. The van der Waals surface area contributed by atoms with E-state index in [9.17, 15) is 14.4 Å². The molecule has 8 heteroatoms. The molecule has 1 aromatic heterocycles. The van der Waals surface area contributed by atoms with Gasteiger partial charge in [-0.15, -0.1) is 0 Å². The number of hydrogen-bond donors (Lipinski definition) is 3. The Hall–Kier alpha value is -2.38. The molecule has 90 valence electrons. The van der Waals surface area contributed by atoms with Crippen molar-refractivity contribution in [3.05, 3.63) is 17.7 Å². The van der Waals surface area contributed by atoms with Gasteiger partial charge in [-0.1, -0.05) is 0 Å². The van der Waals surface area contributed by atoms with Crippen molar-refractivity contribution in [3.63, 3.8) is 0 Å². The van der Waals surface area contributed by atoms with Gasteiger partial charge in [0.2, 0.25) is 5.91 Å². The van der Waals surface area contributed by atoms with Crippen LogP contribution in [-0.2, 0) is 4.79 Å². The minimum absolute atomic E-state index is 0.0786. The number of amides is 2. The van der Waals surface area contributed by atoms with E-state index >= 15 is 0 Å². The van der Waals surface area contributed by atoms with Crippen LogP contribution < -0.4 is 5.32 Å². The Kier molecular flexibility index (Phi) is 2.77. The predicted octanol–water partition coefficient (Wildman–Crippen LogP) is -1.32. The van der Waals surface area contributed by atoms with Gasteiger partial charge in [-0.3, -0.25) is 9.59 Å². The van der Waals surface area contributed by atoms with E-state index in [1.807, 2.05) is 0 Å². The molecule has 0 bridgehead atoms. The third kappa shape index (κ3) is 2.10. The van der Waals surface area contributed by atoms with E-state index < -0.39 is 11.9 Å². The monoisotopic (exact) mass is 238 g/mol. The molecule has 1 saturated heterocycles. The number of nitrogens with zero attached hydrogens (tertiary/aromatic N) is 2. The summed E-state index contributed by atoms with van der Waals surface area (Å²) in [6, 6.07) is 0. The summed E-state index contributed by atoms with van der Waals surface area (Å²) in [7, 11) is 0. The first-order chi connectivity index (χ1) is 8.09. The molecule has 0 unspecified atom stereocenters. The second-order valence-electron chi connectivity index (χ2n) is 3.51. The highest BCUT2D eigenvalue weighted by Gasteiger charge is 2.27. The fourth-order valence-electron chi connectivity index (χ4n) is 1.58. The third-order valence-corrected chi connectivity index (χ3v) is 2.38. The Morgan fingerprint density at radius 2 is 2.24 bits per heavy atom. The molecule has 0 radical (unpaired) electrons. The van der Waals surface area contributed by atoms with Gasteiger partial charge < -0.3 is 20.3 Å². The number of imidazole rings is 1. The average Bonchev–Trinajstić information content (AvgIpc) is 2.77. The fraction of sp³-hybridized carbons (Fsp3) is 0.333. The zero-order valence-electron chi connectivity index (χ0n) is 8.77. The minimum Gasteiger partial charge on any atom is -0.477 e. The predicted molar refractivity (Wildman–Crippen MR) is 54.5 cm³/mol. The summed E-state index contributed by atoms with van der Waals surface area (Å²) in [6.45, 7) is 0.624. The summed E-state index contributed by atoms with van der Waals surface area (Å²) >= 11 is 0. The normalized spacial score (nSPS) is 15.5. The molecule has 8 nitrogen and oxygen atoms in total. The van der Waals surface area contributed by atoms with Crippen LogP contribution in [0.1, 0.15) is 21.0 Å². The van der Waals surface area contributed by atoms with E-state index in [2.05, 4.69) is 15.3 Å². The van der Waals surface area contributed by atoms with Crippen LogP contribution in [0.4, 0.5) is 0 Å². The molecule has 2 amide bonds. The SMILES string of the molecule is O=C1CN(C(=O)c2nc[nH]c2C(=O)O)CCN1. The molecule has 0 aromatic carbocycles. The zero-order chi connectivity index (χ0) is 12.4. The lowest BCUT2D eigenvalue weighted by Crippen LogP contribution is -2.50. The standard InChI is InChI=1S/C9H10N4O4/c14-5-3-13(2-1-10-5)8(15)6-7(9(16)17)12-4-11-6/h4H,1-3H2,(H,10,14)(H,11,12)(H,16,17). The molecule has 1 aliphatic heterocycles. The van der Waals surface area contributed by atoms with Gasteiger partial charge in [-0.25, -0.2) is 9.78 Å². The summed E-state index contributed by atoms with van der Waals surface area (Å²) in [5.41, 5.74) is -0.437. The maximum absolute atomic E-state index is 11.9. The Bertz CT molecular complexity index is 481. The van der Waals surface area contributed by atoms with Gasteiger partial charge in [0.25, 0.3) is 5.91 Å². The molecular weight excluding hydrogens is 228 g/mol. The third-order valence-electron chi connectivity index (χ3n) is 2.38. The summed E-state index contributed by atoms with van der Waals surface area (Å²) in [6.07, 6.45) is 1.14. The molecule has 2 rings (SSSR count). The molecule has 0 saturated carbocycles. The van der Waals surface area contributed by atoms with E-state index in [1.54, 1.807) is 0 Å². The lowest BCUT2D eigenvalue weighted by Gasteiger charge is -2.25. The van der Waals surface area contributed by atoms with Gasteiger partial charge >= 0.3 is 5.97 Å². The molecule has 1 fully saturated rings. The van der Waals surface area contributed by atoms with Crippen LogP contribution in [0, 0.1) is 0 Å². The second kappa shape index (κ2) is 4.24. The van der Waals surface area contributed by atoms with Crippen molar-refractivity contribution in [2.45, 2.75) is 0 Å². The lowest BCUT2D eigenvalue weighted by atomic mass is 10.2. The van der Waals surface area contributed by atoms with E-state index in [0.29, 0.717) is 13.1 Å². The summed E-state index contributed by atoms with van der Waals surface area (Å²) in [5, 5.41) is 11.4. The average molecular weight is 238 g/mol. The maximum Gasteiger partial charge on any atom is 0.354 e. The summed E-state index contributed by atoms with van der Waals surface area (Å²) in [4.78, 5) is 41.2. The van der Waals surface area contributed by atoms with Crippen molar-refractivity contribution in [1.29, 1.82) is 0 Å². The minimum atomic E-state index is -1.26. The van der Waals surface area contributed by atoms with Crippen LogP contribution in [0.15, 0.2) is 6.33 Å². The zero-order valence-corrected chi connectivity index (χ0v) is 8.77. The highest BCUT2D eigenvalue weighted by molar-refractivity contribution is 6.03. The number of nitrogens with one attached hydrogen (secondary N) is 2. The highest BCUT2D eigenvalue weighted by atomic mass is 16.4. The van der Waals surface area contributed by atoms with Crippen molar-refractivity contribution in [2.24, 2.45) is 0 Å². The van der Waals surface area contributed by atoms with Crippen LogP contribution in [0.5, 0.6) is 0 Å². The molecule has 3 N–H and O–H groups in total. The van der Waals surface area contributed by atoms with Crippen LogP contribution in [0.2, 0.25) is 0 Å². The van der Waals surface area contributed by atoms with E-state index in [1.165, 1.54) is 4.90 Å². The first-order valence-corrected chi connectivity index (χ1v) is 4.92. The lowest BCUT2D eigenvalue weighted by molar-refractivity contribution is -0.123. The van der Waals surface area contributed by atoms with Gasteiger partial charge in [-0.05, 0) is 0 Å². The van der Waals surface area contributed by atoms with Crippen LogP contribution >= 0.6 is 0 Å². The molecule has 2 heterocycles. The number of carbonyl (C=O) groups is 3. The largest absolute Gasteiger partial charge is 0.477 e. The summed E-state index contributed by atoms with van der Waals surface area (Å²) in [5.74, 6) is -2.08. The highest BCUT2D eigenvalue weighted by Crippen LogP contribution is 2.08. The van der Waals surface area contributed by atoms with Gasteiger partial charge in [0, 0.05) is 13.1 Å². The molecular formula is C9H10N4O4. The molecule has 17 heavy (non-hydrogen) atoms. The number of aromatic amines is 1. The van der Waals surface area contributed by atoms with Crippen molar-refractivity contribution >= 4 is 17.8 Å². The van der Waals surface area contributed by atoms with Gasteiger partial charge in [0.05, 0.1) is 12.9 Å². The smallest absolute Gasteiger partial charge is 0.354 e. The molecule has 0 atom stereocenters. The second-order valence-corrected chi connectivity index (χ2v) is 3.51. The Morgan fingerprint density at radius 1 is 1.47 bits per heavy atom. The van der Waals surface area contributed by atoms with Crippen molar-refractivity contribution in [3.8, 4) is 0 Å². The van der Waals surface area contributed by atoms with Gasteiger partial charge in [0.15, 0.2) is 11.4 Å². The Labute approximate surface area is 95.6 Å². The van der Waals surface area contributed by atoms with Crippen molar-refractivity contribution in [1.82, 2.24) is 20.2 Å². The molecule has 1 aromatic rings. The Morgan fingerprint density at radius 3 is 2.88 bits per heavy atom. The van der Waals surface area contributed by atoms with E-state index in [-0.39, 0.29) is 23.8 Å². The van der Waals surface area contributed by atoms with Crippen LogP contribution in [0.25, 0.3) is 0 Å². The quantitative estimate of drug-likeness (QED) is 0.591. The van der Waals surface area contributed by atoms with Crippen molar-refractivity contribution in [2.75, 3.05) is 19.6 Å². The Balaban J connectivity index is 2.21. The maximum atomic E-state index is 11.9. The van der Waals surface area contributed by atoms with Gasteiger partial charge in [-0.2, -0.15) is 0 Å². The molecule has 1 aliphatic rings. The molecule has 0 spiro atoms. The number of hydrogen-bond acceptors (Lipinski definition) is 4. The van der Waals surface area contributed by atoms with Crippen molar-refractivity contribution < 1.29 is 19.5 Å². The fourth-order valence-corrected chi connectivity index (χ4v) is 1.58. The molecule has 0 aliphatic carbocycles. The number of rotatable bonds is 2. The van der Waals surface area contributed by atoms with E-state index in [0.717, 1.165) is 6.33 Å². The topological polar surface area (TPSA) is 115 Å². The number of aromatic carboxylic acids is 1.